The molecule has 162 valence electrons. The molecule has 1 saturated heterocycles. The molecule has 3 aromatic rings. The zero-order valence-corrected chi connectivity index (χ0v) is 19.3. The molecule has 0 saturated carbocycles. The van der Waals surface area contributed by atoms with Crippen molar-refractivity contribution < 1.29 is 9.53 Å². The first kappa shape index (κ1) is 21.1. The van der Waals surface area contributed by atoms with Crippen molar-refractivity contribution in [3.63, 3.8) is 0 Å². The number of nitrogens with zero attached hydrogens (tertiary/aromatic N) is 4. The molecule has 1 aliphatic rings. The number of ether oxygens (including phenoxy) is 1. The number of pyridine rings is 1. The van der Waals surface area contributed by atoms with E-state index in [0.29, 0.717) is 5.92 Å². The van der Waals surface area contributed by atoms with Crippen LogP contribution < -0.4 is 0 Å². The molecule has 1 fully saturated rings. The van der Waals surface area contributed by atoms with Gasteiger partial charge in [0.05, 0.1) is 21.9 Å². The molecule has 0 radical (unpaired) electrons. The zero-order valence-electron chi connectivity index (χ0n) is 18.5. The van der Waals surface area contributed by atoms with Crippen LogP contribution in [0.5, 0.6) is 0 Å². The summed E-state index contributed by atoms with van der Waals surface area (Å²) in [6.07, 6.45) is 7.00. The lowest BCUT2D eigenvalue weighted by molar-refractivity contribution is 0.0178. The van der Waals surface area contributed by atoms with Crippen molar-refractivity contribution in [2.24, 2.45) is 5.92 Å². The van der Waals surface area contributed by atoms with Gasteiger partial charge in [0, 0.05) is 26.1 Å². The highest BCUT2D eigenvalue weighted by atomic mass is 32.1. The van der Waals surface area contributed by atoms with Gasteiger partial charge in [-0.1, -0.05) is 13.3 Å². The first-order valence-corrected chi connectivity index (χ1v) is 11.9. The van der Waals surface area contributed by atoms with E-state index in [2.05, 4.69) is 27.9 Å². The summed E-state index contributed by atoms with van der Waals surface area (Å²) in [7, 11) is 0. The van der Waals surface area contributed by atoms with Crippen LogP contribution in [0.2, 0.25) is 0 Å². The van der Waals surface area contributed by atoms with Crippen LogP contribution in [0.15, 0.2) is 17.6 Å². The van der Waals surface area contributed by atoms with E-state index in [1.165, 1.54) is 16.0 Å². The molecule has 0 aliphatic carbocycles. The van der Waals surface area contributed by atoms with Gasteiger partial charge in [0.2, 0.25) is 0 Å². The van der Waals surface area contributed by atoms with Gasteiger partial charge >= 0.3 is 6.09 Å². The molecule has 0 N–H and O–H groups in total. The van der Waals surface area contributed by atoms with Crippen LogP contribution in [0.25, 0.3) is 21.3 Å². The number of carbonyl (C=O) groups excluding carboxylic acids is 1. The zero-order chi connectivity index (χ0) is 21.3. The predicted molar refractivity (Wildman–Crippen MR) is 122 cm³/mol. The van der Waals surface area contributed by atoms with Crippen molar-refractivity contribution in [3.05, 3.63) is 23.5 Å². The summed E-state index contributed by atoms with van der Waals surface area (Å²) in [6, 6.07) is 2.09. The standard InChI is InChI=1S/C23H32N4O2S/c1-5-6-7-19-25-18-14-24-17-10-13-30-21(17)20(18)27(19)15-16-8-11-26(12-9-16)22(28)29-23(2,3)4/h10,13-14,16H,5-9,11-12,15H2,1-4H3. The minimum absolute atomic E-state index is 0.191. The summed E-state index contributed by atoms with van der Waals surface area (Å²) in [4.78, 5) is 23.8. The Labute approximate surface area is 182 Å². The molecule has 0 atom stereocenters. The Morgan fingerprint density at radius 1 is 1.27 bits per heavy atom. The lowest BCUT2D eigenvalue weighted by Crippen LogP contribution is -2.42. The largest absolute Gasteiger partial charge is 0.444 e. The average molecular weight is 429 g/mol. The van der Waals surface area contributed by atoms with Gasteiger partial charge in [-0.25, -0.2) is 9.78 Å². The number of hydrogen-bond donors (Lipinski definition) is 0. The molecule has 0 bridgehead atoms. The third-order valence-corrected chi connectivity index (χ3v) is 6.63. The van der Waals surface area contributed by atoms with E-state index in [4.69, 9.17) is 9.72 Å². The molecule has 0 aromatic carbocycles. The Morgan fingerprint density at radius 2 is 2.03 bits per heavy atom. The van der Waals surface area contributed by atoms with Gasteiger partial charge in [0.15, 0.2) is 0 Å². The topological polar surface area (TPSA) is 60.2 Å². The van der Waals surface area contributed by atoms with E-state index >= 15 is 0 Å². The number of aryl methyl sites for hydroxylation is 1. The summed E-state index contributed by atoms with van der Waals surface area (Å²) < 4.78 is 9.22. The maximum Gasteiger partial charge on any atom is 0.410 e. The van der Waals surface area contributed by atoms with Crippen molar-refractivity contribution in [2.75, 3.05) is 13.1 Å². The molecule has 4 heterocycles. The van der Waals surface area contributed by atoms with Crippen molar-refractivity contribution >= 4 is 38.7 Å². The Morgan fingerprint density at radius 3 is 2.73 bits per heavy atom. The van der Waals surface area contributed by atoms with Crippen LogP contribution in [-0.4, -0.2) is 44.2 Å². The van der Waals surface area contributed by atoms with Gasteiger partial charge in [-0.3, -0.25) is 4.98 Å². The van der Waals surface area contributed by atoms with Crippen LogP contribution in [0, 0.1) is 5.92 Å². The number of amides is 1. The Balaban J connectivity index is 1.53. The summed E-state index contributed by atoms with van der Waals surface area (Å²) in [5, 5.41) is 2.11. The number of likely N-dealkylation sites (tertiary alicyclic amines) is 1. The third kappa shape index (κ3) is 4.46. The van der Waals surface area contributed by atoms with E-state index in [-0.39, 0.29) is 6.09 Å². The minimum atomic E-state index is -0.446. The second-order valence-electron chi connectivity index (χ2n) is 9.28. The van der Waals surface area contributed by atoms with Crippen LogP contribution in [0.4, 0.5) is 4.79 Å². The molecule has 3 aromatic heterocycles. The minimum Gasteiger partial charge on any atom is -0.444 e. The Bertz CT molecular complexity index is 1030. The second-order valence-corrected chi connectivity index (χ2v) is 10.2. The normalized spacial score (nSPS) is 15.9. The number of thiophene rings is 1. The Hall–Kier alpha value is -2.15. The predicted octanol–water partition coefficient (Wildman–Crippen LogP) is 5.64. The van der Waals surface area contributed by atoms with Gasteiger partial charge in [0.25, 0.3) is 0 Å². The van der Waals surface area contributed by atoms with Crippen LogP contribution in [-0.2, 0) is 17.7 Å². The average Bonchev–Trinajstić information content (AvgIpc) is 3.30. The molecule has 1 amide bonds. The van der Waals surface area contributed by atoms with Crippen LogP contribution >= 0.6 is 11.3 Å². The number of fused-ring (bicyclic) bond motifs is 3. The maximum absolute atomic E-state index is 12.4. The van der Waals surface area contributed by atoms with E-state index in [1.807, 2.05) is 31.9 Å². The van der Waals surface area contributed by atoms with Gasteiger partial charge in [-0.2, -0.15) is 0 Å². The first-order valence-electron chi connectivity index (χ1n) is 11.0. The second kappa shape index (κ2) is 8.53. The molecular weight excluding hydrogens is 396 g/mol. The number of rotatable bonds is 5. The van der Waals surface area contributed by atoms with E-state index < -0.39 is 5.60 Å². The molecule has 30 heavy (non-hydrogen) atoms. The number of hydrogen-bond acceptors (Lipinski definition) is 5. The number of carbonyl (C=O) groups is 1. The molecule has 1 aliphatic heterocycles. The number of imidazole rings is 1. The van der Waals surface area contributed by atoms with Gasteiger partial charge in [-0.05, 0) is 57.4 Å². The molecular formula is C23H32N4O2S. The fourth-order valence-corrected chi connectivity index (χ4v) is 5.07. The highest BCUT2D eigenvalue weighted by molar-refractivity contribution is 7.18. The SMILES string of the molecule is CCCCc1nc2cnc3ccsc3c2n1CC1CCN(C(=O)OC(C)(C)C)CC1. The summed E-state index contributed by atoms with van der Waals surface area (Å²) in [5.74, 6) is 1.70. The van der Waals surface area contributed by atoms with E-state index in [9.17, 15) is 4.79 Å². The van der Waals surface area contributed by atoms with Gasteiger partial charge in [-0.15, -0.1) is 11.3 Å². The summed E-state index contributed by atoms with van der Waals surface area (Å²) in [6.45, 7) is 10.4. The van der Waals surface area contributed by atoms with Gasteiger partial charge in [0.1, 0.15) is 16.9 Å². The van der Waals surface area contributed by atoms with E-state index in [0.717, 1.165) is 62.8 Å². The maximum atomic E-state index is 12.4. The third-order valence-electron chi connectivity index (χ3n) is 5.72. The summed E-state index contributed by atoms with van der Waals surface area (Å²) in [5.41, 5.74) is 2.84. The first-order chi connectivity index (χ1) is 14.4. The highest BCUT2D eigenvalue weighted by Crippen LogP contribution is 2.31. The van der Waals surface area contributed by atoms with Crippen molar-refractivity contribution in [3.8, 4) is 0 Å². The fraction of sp³-hybridized carbons (Fsp3) is 0.609. The van der Waals surface area contributed by atoms with Crippen molar-refractivity contribution in [1.29, 1.82) is 0 Å². The van der Waals surface area contributed by atoms with Crippen LogP contribution in [0.3, 0.4) is 0 Å². The van der Waals surface area contributed by atoms with Crippen LogP contribution in [0.1, 0.15) is 59.2 Å². The van der Waals surface area contributed by atoms with Gasteiger partial charge < -0.3 is 14.2 Å². The summed E-state index contributed by atoms with van der Waals surface area (Å²) >= 11 is 1.75. The molecule has 7 heteroatoms. The van der Waals surface area contributed by atoms with Crippen molar-refractivity contribution in [2.45, 2.75) is 71.9 Å². The number of piperidine rings is 1. The lowest BCUT2D eigenvalue weighted by Gasteiger charge is -2.33. The Kier molecular flexibility index (Phi) is 6.00. The number of unbranched alkanes of at least 4 members (excludes halogenated alkanes) is 1. The molecule has 6 nitrogen and oxygen atoms in total. The monoisotopic (exact) mass is 428 g/mol. The highest BCUT2D eigenvalue weighted by Gasteiger charge is 2.28. The van der Waals surface area contributed by atoms with Crippen molar-refractivity contribution in [1.82, 2.24) is 19.4 Å². The smallest absolute Gasteiger partial charge is 0.410 e. The fourth-order valence-electron chi connectivity index (χ4n) is 4.17. The quantitative estimate of drug-likeness (QED) is 0.528. The van der Waals surface area contributed by atoms with E-state index in [1.54, 1.807) is 11.3 Å². The molecule has 0 unspecified atom stereocenters. The molecule has 0 spiro atoms. The lowest BCUT2D eigenvalue weighted by atomic mass is 9.96. The number of aromatic nitrogens is 3. The molecule has 4 rings (SSSR count).